The highest BCUT2D eigenvalue weighted by Crippen LogP contribution is 2.29. The van der Waals surface area contributed by atoms with Crippen LogP contribution in [0.15, 0.2) is 54.1 Å². The van der Waals surface area contributed by atoms with Crippen molar-refractivity contribution in [2.45, 2.75) is 13.5 Å². The lowest BCUT2D eigenvalue weighted by atomic mass is 10.1. The molecule has 0 saturated heterocycles. The van der Waals surface area contributed by atoms with Crippen molar-refractivity contribution in [1.82, 2.24) is 0 Å². The molecule has 0 atom stereocenters. The summed E-state index contributed by atoms with van der Waals surface area (Å²) in [5.74, 6) is 0.921. The highest BCUT2D eigenvalue weighted by molar-refractivity contribution is 5.93. The number of benzene rings is 2. The van der Waals surface area contributed by atoms with Crippen LogP contribution in [-0.2, 0) is 16.1 Å². The van der Waals surface area contributed by atoms with E-state index in [1.807, 2.05) is 48.5 Å². The molecule has 4 nitrogen and oxygen atoms in total. The Labute approximate surface area is 136 Å². The average molecular weight is 312 g/mol. The molecule has 0 spiro atoms. The number of hydrogen-bond donors (Lipinski definition) is 0. The molecular weight excluding hydrogens is 292 g/mol. The van der Waals surface area contributed by atoms with Gasteiger partial charge >= 0.3 is 5.97 Å². The number of carbonyl (C=O) groups is 1. The topological polar surface area (TPSA) is 44.8 Å². The molecule has 120 valence electrons. The maximum atomic E-state index is 11.5. The van der Waals surface area contributed by atoms with E-state index in [1.54, 1.807) is 20.1 Å². The van der Waals surface area contributed by atoms with Gasteiger partial charge in [0.2, 0.25) is 0 Å². The third kappa shape index (κ3) is 4.61. The van der Waals surface area contributed by atoms with Crippen LogP contribution in [0.5, 0.6) is 11.5 Å². The van der Waals surface area contributed by atoms with Crippen molar-refractivity contribution in [2.75, 3.05) is 14.2 Å². The molecule has 0 fully saturated rings. The molecule has 0 aliphatic rings. The molecule has 0 bridgehead atoms. The lowest BCUT2D eigenvalue weighted by molar-refractivity contribution is -0.135. The van der Waals surface area contributed by atoms with Gasteiger partial charge in [-0.3, -0.25) is 0 Å². The first-order valence-electron chi connectivity index (χ1n) is 7.25. The second-order valence-corrected chi connectivity index (χ2v) is 5.00. The number of ether oxygens (including phenoxy) is 3. The first-order chi connectivity index (χ1) is 11.1. The zero-order valence-corrected chi connectivity index (χ0v) is 13.5. The zero-order valence-electron chi connectivity index (χ0n) is 13.5. The van der Waals surface area contributed by atoms with Crippen LogP contribution in [0.25, 0.3) is 6.08 Å². The molecule has 0 aliphatic carbocycles. The molecule has 0 saturated carbocycles. The largest absolute Gasteiger partial charge is 0.493 e. The lowest BCUT2D eigenvalue weighted by Crippen LogP contribution is -2.01. The molecule has 0 unspecified atom stereocenters. The Morgan fingerprint density at radius 2 is 1.78 bits per heavy atom. The Morgan fingerprint density at radius 1 is 1.04 bits per heavy atom. The van der Waals surface area contributed by atoms with Crippen molar-refractivity contribution < 1.29 is 19.0 Å². The van der Waals surface area contributed by atoms with Gasteiger partial charge in [0.05, 0.1) is 14.2 Å². The summed E-state index contributed by atoms with van der Waals surface area (Å²) in [5.41, 5.74) is 2.43. The summed E-state index contributed by atoms with van der Waals surface area (Å²) in [4.78, 5) is 11.5. The molecule has 0 radical (unpaired) electrons. The van der Waals surface area contributed by atoms with Gasteiger partial charge in [-0.2, -0.15) is 0 Å². The predicted octanol–water partition coefficient (Wildman–Crippen LogP) is 3.85. The van der Waals surface area contributed by atoms with E-state index in [0.717, 1.165) is 11.1 Å². The third-order valence-corrected chi connectivity index (χ3v) is 3.32. The molecule has 0 heterocycles. The predicted molar refractivity (Wildman–Crippen MR) is 89.4 cm³/mol. The first kappa shape index (κ1) is 16.6. The minimum Gasteiger partial charge on any atom is -0.493 e. The van der Waals surface area contributed by atoms with Crippen molar-refractivity contribution in [3.63, 3.8) is 0 Å². The minimum absolute atomic E-state index is 0.354. The molecule has 4 heteroatoms. The van der Waals surface area contributed by atoms with Crippen LogP contribution < -0.4 is 9.47 Å². The Balaban J connectivity index is 2.20. The van der Waals surface area contributed by atoms with Crippen molar-refractivity contribution in [3.8, 4) is 11.5 Å². The summed E-state index contributed by atoms with van der Waals surface area (Å²) in [6, 6.07) is 15.4. The molecule has 0 aliphatic heterocycles. The van der Waals surface area contributed by atoms with Crippen molar-refractivity contribution >= 4 is 12.0 Å². The maximum Gasteiger partial charge on any atom is 0.333 e. The molecule has 0 N–H and O–H groups in total. The van der Waals surface area contributed by atoms with E-state index in [4.69, 9.17) is 14.2 Å². The lowest BCUT2D eigenvalue weighted by Gasteiger charge is -2.12. The van der Waals surface area contributed by atoms with Crippen LogP contribution in [-0.4, -0.2) is 20.2 Å². The van der Waals surface area contributed by atoms with Crippen LogP contribution in [0.1, 0.15) is 18.1 Å². The highest BCUT2D eigenvalue weighted by atomic mass is 16.5. The second-order valence-electron chi connectivity index (χ2n) is 5.00. The molecular formula is C19H20O4. The average Bonchev–Trinajstić information content (AvgIpc) is 2.60. The number of carbonyl (C=O) groups excluding carboxylic acids is 1. The summed E-state index contributed by atoms with van der Waals surface area (Å²) in [7, 11) is 2.96. The van der Waals surface area contributed by atoms with Gasteiger partial charge in [0.25, 0.3) is 0 Å². The van der Waals surface area contributed by atoms with E-state index in [2.05, 4.69) is 0 Å². The van der Waals surface area contributed by atoms with Gasteiger partial charge in [-0.05, 0) is 36.3 Å². The quantitative estimate of drug-likeness (QED) is 0.600. The van der Waals surface area contributed by atoms with E-state index in [1.165, 1.54) is 7.11 Å². The minimum atomic E-state index is -0.354. The maximum absolute atomic E-state index is 11.5. The fraction of sp³-hybridized carbons (Fsp3) is 0.211. The van der Waals surface area contributed by atoms with Crippen LogP contribution >= 0.6 is 0 Å². The smallest absolute Gasteiger partial charge is 0.333 e. The van der Waals surface area contributed by atoms with E-state index in [9.17, 15) is 4.79 Å². The Kier molecular flexibility index (Phi) is 5.80. The molecule has 0 aromatic heterocycles. The van der Waals surface area contributed by atoms with Crippen LogP contribution in [0.2, 0.25) is 0 Å². The van der Waals surface area contributed by atoms with Gasteiger partial charge in [-0.15, -0.1) is 0 Å². The van der Waals surface area contributed by atoms with Gasteiger partial charge in [0, 0.05) is 5.57 Å². The van der Waals surface area contributed by atoms with Crippen molar-refractivity contribution in [2.24, 2.45) is 0 Å². The van der Waals surface area contributed by atoms with E-state index in [0.29, 0.717) is 23.7 Å². The van der Waals surface area contributed by atoms with Gasteiger partial charge in [-0.1, -0.05) is 36.4 Å². The van der Waals surface area contributed by atoms with E-state index in [-0.39, 0.29) is 5.97 Å². The summed E-state index contributed by atoms with van der Waals surface area (Å²) in [6.07, 6.45) is 1.75. The Bertz CT molecular complexity index is 690. The normalized spacial score (nSPS) is 11.0. The van der Waals surface area contributed by atoms with Gasteiger partial charge in [0.1, 0.15) is 6.61 Å². The SMILES string of the molecule is COC(=O)/C(C)=C\c1ccc(OC)c(OCc2ccccc2)c1. The Morgan fingerprint density at radius 3 is 2.43 bits per heavy atom. The standard InChI is InChI=1S/C19H20O4/c1-14(19(20)22-3)11-16-9-10-17(21-2)18(12-16)23-13-15-7-5-4-6-8-15/h4-12H,13H2,1-3H3/b14-11-. The van der Waals surface area contributed by atoms with E-state index >= 15 is 0 Å². The van der Waals surface area contributed by atoms with Crippen LogP contribution in [0.3, 0.4) is 0 Å². The second kappa shape index (κ2) is 8.03. The molecule has 2 rings (SSSR count). The first-order valence-corrected chi connectivity index (χ1v) is 7.25. The van der Waals surface area contributed by atoms with Crippen LogP contribution in [0, 0.1) is 0 Å². The van der Waals surface area contributed by atoms with E-state index < -0.39 is 0 Å². The number of methoxy groups -OCH3 is 2. The zero-order chi connectivity index (χ0) is 16.7. The molecule has 0 amide bonds. The third-order valence-electron chi connectivity index (χ3n) is 3.32. The fourth-order valence-electron chi connectivity index (χ4n) is 2.10. The van der Waals surface area contributed by atoms with Crippen molar-refractivity contribution in [1.29, 1.82) is 0 Å². The number of hydrogen-bond acceptors (Lipinski definition) is 4. The van der Waals surface area contributed by atoms with Gasteiger partial charge in [0.15, 0.2) is 11.5 Å². The Hall–Kier alpha value is -2.75. The van der Waals surface area contributed by atoms with Gasteiger partial charge < -0.3 is 14.2 Å². The summed E-state index contributed by atoms with van der Waals surface area (Å²) >= 11 is 0. The number of rotatable bonds is 6. The van der Waals surface area contributed by atoms with Crippen LogP contribution in [0.4, 0.5) is 0 Å². The molecule has 23 heavy (non-hydrogen) atoms. The molecule has 2 aromatic carbocycles. The van der Waals surface area contributed by atoms with Crippen molar-refractivity contribution in [3.05, 3.63) is 65.2 Å². The monoisotopic (exact) mass is 312 g/mol. The summed E-state index contributed by atoms with van der Waals surface area (Å²) in [5, 5.41) is 0. The summed E-state index contributed by atoms with van der Waals surface area (Å²) in [6.45, 7) is 2.15. The fourth-order valence-corrected chi connectivity index (χ4v) is 2.10. The summed E-state index contributed by atoms with van der Waals surface area (Å²) < 4.78 is 15.9. The number of esters is 1. The molecule has 2 aromatic rings. The van der Waals surface area contributed by atoms with Gasteiger partial charge in [-0.25, -0.2) is 4.79 Å². The highest BCUT2D eigenvalue weighted by Gasteiger charge is 2.08.